The van der Waals surface area contributed by atoms with Gasteiger partial charge >= 0.3 is 29.8 Å². The Kier molecular flexibility index (Phi) is 11.9. The first-order valence-corrected chi connectivity index (χ1v) is 16.3. The van der Waals surface area contributed by atoms with Crippen LogP contribution in [0.2, 0.25) is 0 Å². The van der Waals surface area contributed by atoms with Gasteiger partial charge in [0.05, 0.1) is 5.60 Å². The van der Waals surface area contributed by atoms with Gasteiger partial charge in [-0.25, -0.2) is 4.79 Å². The van der Waals surface area contributed by atoms with Crippen LogP contribution in [0.5, 0.6) is 0 Å². The van der Waals surface area contributed by atoms with Crippen LogP contribution in [0.15, 0.2) is 23.8 Å². The summed E-state index contributed by atoms with van der Waals surface area (Å²) in [7, 11) is 0. The molecule has 14 nitrogen and oxygen atoms in total. The second-order valence-electron chi connectivity index (χ2n) is 13.7. The molecule has 270 valence electrons. The average Bonchev–Trinajstić information content (AvgIpc) is 3.13. The summed E-state index contributed by atoms with van der Waals surface area (Å²) in [5.41, 5.74) is -9.80. The van der Waals surface area contributed by atoms with E-state index in [-0.39, 0.29) is 12.0 Å². The minimum Gasteiger partial charge on any atom is -0.459 e. The van der Waals surface area contributed by atoms with Crippen LogP contribution in [0, 0.1) is 11.3 Å². The van der Waals surface area contributed by atoms with Gasteiger partial charge in [-0.3, -0.25) is 19.2 Å². The zero-order chi connectivity index (χ0) is 36.4. The third-order valence-corrected chi connectivity index (χ3v) is 9.82. The lowest BCUT2D eigenvalue weighted by atomic mass is 9.53. The molecule has 0 amide bonds. The van der Waals surface area contributed by atoms with Gasteiger partial charge in [-0.1, -0.05) is 51.7 Å². The van der Waals surface area contributed by atoms with Crippen molar-refractivity contribution in [1.29, 1.82) is 0 Å². The number of aliphatic hydroxyl groups is 4. The molecule has 1 heterocycles. The molecule has 2 aliphatic carbocycles. The molecule has 14 heteroatoms. The topological polar surface area (TPSA) is 212 Å². The number of ether oxygens (including phenoxy) is 5. The van der Waals surface area contributed by atoms with E-state index < -0.39 is 94.6 Å². The molecule has 0 aromatic heterocycles. The standard InChI is InChI=1S/C34H50O14/c1-9-10-11-12-13-14-24(39)48-25-18(2)17-23-34(43,33(8,42)30(40)47-23)29(46-21(5)37)27-31(6,16-15-22(38)32(27,7)41)28(45-20(4)36)26(25)44-19(3)35/h15-17,22-23,25-29,38,41-43H,9-14H2,1-8H3/b18-17-/t22-,23+,25+,26-,27-,28+,29+,31+,32-,33-,34+/m1/s1. The van der Waals surface area contributed by atoms with E-state index in [1.807, 2.05) is 0 Å². The Morgan fingerprint density at radius 1 is 0.854 bits per heavy atom. The molecule has 0 saturated carbocycles. The highest BCUT2D eigenvalue weighted by molar-refractivity contribution is 5.84. The Bertz CT molecular complexity index is 1320. The SMILES string of the molecule is CCCCCCCC(=O)O[C@H]1/C(C)=C\[C@@H]2OC(=O)[C@@](C)(O)[C@@]2(O)[C@@H](OC(C)=O)[C@H]2[C@](C)(O)[C@H](O)C=C[C@]2(C)[C@@H](OC(C)=O)[C@@H]1OC(C)=O. The normalized spacial score (nSPS) is 40.3. The molecule has 1 saturated heterocycles. The van der Waals surface area contributed by atoms with Crippen LogP contribution >= 0.6 is 0 Å². The minimum absolute atomic E-state index is 0.00912. The molecule has 1 aliphatic heterocycles. The fraction of sp³-hybridized carbons (Fsp3) is 0.735. The van der Waals surface area contributed by atoms with E-state index in [2.05, 4.69) is 6.92 Å². The number of fused-ring (bicyclic) bond motifs is 2. The molecule has 11 atom stereocenters. The van der Waals surface area contributed by atoms with Crippen molar-refractivity contribution in [2.75, 3.05) is 0 Å². The Balaban J connectivity index is 2.42. The van der Waals surface area contributed by atoms with E-state index in [0.717, 1.165) is 59.5 Å². The number of carbonyl (C=O) groups is 5. The van der Waals surface area contributed by atoms with Crippen LogP contribution in [-0.4, -0.2) is 104 Å². The Morgan fingerprint density at radius 2 is 1.42 bits per heavy atom. The second kappa shape index (κ2) is 14.7. The lowest BCUT2D eigenvalue weighted by Gasteiger charge is -2.57. The van der Waals surface area contributed by atoms with Crippen molar-refractivity contribution in [2.45, 2.75) is 147 Å². The van der Waals surface area contributed by atoms with E-state index in [0.29, 0.717) is 6.42 Å². The smallest absolute Gasteiger partial charge is 0.341 e. The predicted octanol–water partition coefficient (Wildman–Crippen LogP) is 1.73. The molecule has 4 N–H and O–H groups in total. The van der Waals surface area contributed by atoms with Gasteiger partial charge in [0.25, 0.3) is 0 Å². The van der Waals surface area contributed by atoms with Gasteiger partial charge in [0, 0.05) is 38.5 Å². The van der Waals surface area contributed by atoms with E-state index >= 15 is 0 Å². The van der Waals surface area contributed by atoms with Crippen LogP contribution in [0.25, 0.3) is 0 Å². The highest BCUT2D eigenvalue weighted by atomic mass is 16.6. The van der Waals surface area contributed by atoms with Crippen molar-refractivity contribution in [3.05, 3.63) is 23.8 Å². The van der Waals surface area contributed by atoms with E-state index in [1.165, 1.54) is 32.9 Å². The summed E-state index contributed by atoms with van der Waals surface area (Å²) in [5, 5.41) is 47.2. The first-order valence-electron chi connectivity index (χ1n) is 16.3. The van der Waals surface area contributed by atoms with Gasteiger partial charge in [-0.15, -0.1) is 0 Å². The quantitative estimate of drug-likeness (QED) is 0.112. The van der Waals surface area contributed by atoms with Gasteiger partial charge in [0.1, 0.15) is 12.2 Å². The maximum Gasteiger partial charge on any atom is 0.341 e. The fourth-order valence-electron chi connectivity index (χ4n) is 7.29. The highest BCUT2D eigenvalue weighted by Gasteiger charge is 2.75. The van der Waals surface area contributed by atoms with Crippen molar-refractivity contribution < 1.29 is 68.1 Å². The van der Waals surface area contributed by atoms with Crippen molar-refractivity contribution in [3.63, 3.8) is 0 Å². The van der Waals surface area contributed by atoms with Gasteiger partial charge in [-0.05, 0) is 38.8 Å². The van der Waals surface area contributed by atoms with E-state index in [9.17, 15) is 44.4 Å². The Hall–Kier alpha value is -3.33. The Labute approximate surface area is 280 Å². The number of carbonyl (C=O) groups excluding carboxylic acids is 5. The minimum atomic E-state index is -2.86. The number of rotatable bonds is 10. The Morgan fingerprint density at radius 3 is 1.98 bits per heavy atom. The number of aliphatic hydroxyl groups excluding tert-OH is 1. The third-order valence-electron chi connectivity index (χ3n) is 9.82. The molecular formula is C34H50O14. The van der Waals surface area contributed by atoms with Crippen LogP contribution in [0.3, 0.4) is 0 Å². The molecule has 0 unspecified atom stereocenters. The summed E-state index contributed by atoms with van der Waals surface area (Å²) in [6, 6.07) is 0. The predicted molar refractivity (Wildman–Crippen MR) is 166 cm³/mol. The monoisotopic (exact) mass is 682 g/mol. The first kappa shape index (κ1) is 39.1. The highest BCUT2D eigenvalue weighted by Crippen LogP contribution is 2.56. The van der Waals surface area contributed by atoms with Gasteiger partial charge in [0.15, 0.2) is 35.6 Å². The summed E-state index contributed by atoms with van der Waals surface area (Å²) in [6.45, 7) is 10.2. The molecule has 0 aromatic carbocycles. The number of unbranched alkanes of at least 4 members (excludes halogenated alkanes) is 4. The zero-order valence-electron chi connectivity index (χ0n) is 28.9. The van der Waals surface area contributed by atoms with Gasteiger partial charge < -0.3 is 44.1 Å². The first-order chi connectivity index (χ1) is 22.2. The van der Waals surface area contributed by atoms with Crippen molar-refractivity contribution in [2.24, 2.45) is 11.3 Å². The van der Waals surface area contributed by atoms with Crippen molar-refractivity contribution >= 4 is 29.8 Å². The molecule has 3 rings (SSSR count). The maximum atomic E-state index is 13.3. The average molecular weight is 683 g/mol. The lowest BCUT2D eigenvalue weighted by molar-refractivity contribution is -0.264. The van der Waals surface area contributed by atoms with Crippen LogP contribution < -0.4 is 0 Å². The molecule has 1 fully saturated rings. The number of hydrogen-bond acceptors (Lipinski definition) is 14. The number of esters is 5. The summed E-state index contributed by atoms with van der Waals surface area (Å²) in [4.78, 5) is 64.6. The van der Waals surface area contributed by atoms with Crippen molar-refractivity contribution in [1.82, 2.24) is 0 Å². The number of hydrogen-bond donors (Lipinski definition) is 4. The van der Waals surface area contributed by atoms with Crippen LogP contribution in [-0.2, 0) is 47.7 Å². The second-order valence-corrected chi connectivity index (χ2v) is 13.7. The van der Waals surface area contributed by atoms with E-state index in [1.54, 1.807) is 0 Å². The molecule has 0 bridgehead atoms. The molecular weight excluding hydrogens is 632 g/mol. The lowest BCUT2D eigenvalue weighted by Crippen LogP contribution is -2.74. The fourth-order valence-corrected chi connectivity index (χ4v) is 7.29. The largest absolute Gasteiger partial charge is 0.459 e. The summed E-state index contributed by atoms with van der Waals surface area (Å²) in [6.07, 6.45) is -2.54. The third kappa shape index (κ3) is 7.31. The van der Waals surface area contributed by atoms with Gasteiger partial charge in [-0.2, -0.15) is 0 Å². The molecule has 3 aliphatic rings. The van der Waals surface area contributed by atoms with Crippen LogP contribution in [0.4, 0.5) is 0 Å². The van der Waals surface area contributed by atoms with Crippen molar-refractivity contribution in [3.8, 4) is 0 Å². The van der Waals surface area contributed by atoms with E-state index in [4.69, 9.17) is 23.7 Å². The maximum absolute atomic E-state index is 13.3. The zero-order valence-corrected chi connectivity index (χ0v) is 28.9. The summed E-state index contributed by atoms with van der Waals surface area (Å²) >= 11 is 0. The van der Waals surface area contributed by atoms with Gasteiger partial charge in [0.2, 0.25) is 0 Å². The molecule has 0 spiro atoms. The molecule has 48 heavy (non-hydrogen) atoms. The molecule has 0 radical (unpaired) electrons. The summed E-state index contributed by atoms with van der Waals surface area (Å²) in [5.74, 6) is -6.48. The molecule has 0 aromatic rings. The van der Waals surface area contributed by atoms with Crippen LogP contribution in [0.1, 0.15) is 93.9 Å². The summed E-state index contributed by atoms with van der Waals surface area (Å²) < 4.78 is 28.7.